The Kier molecular flexibility index (Phi) is 3.95. The van der Waals surface area contributed by atoms with Crippen LogP contribution < -0.4 is 10.6 Å². The second-order valence-corrected chi connectivity index (χ2v) is 6.26. The highest BCUT2D eigenvalue weighted by molar-refractivity contribution is 5.94. The molecule has 3 heteroatoms. The number of hydrogen-bond acceptors (Lipinski definition) is 2. The summed E-state index contributed by atoms with van der Waals surface area (Å²) in [5.74, 6) is 1.69. The van der Waals surface area contributed by atoms with Gasteiger partial charge >= 0.3 is 0 Å². The van der Waals surface area contributed by atoms with Crippen LogP contribution in [0.2, 0.25) is 0 Å². The predicted molar refractivity (Wildman–Crippen MR) is 81.9 cm³/mol. The Balaban J connectivity index is 1.57. The lowest BCUT2D eigenvalue weighted by molar-refractivity contribution is 0.0923. The Hall–Kier alpha value is -1.51. The van der Waals surface area contributed by atoms with E-state index in [1.54, 1.807) is 0 Å². The van der Waals surface area contributed by atoms with Crippen molar-refractivity contribution in [3.05, 3.63) is 29.8 Å². The lowest BCUT2D eigenvalue weighted by atomic mass is 9.95. The molecule has 108 valence electrons. The molecule has 2 N–H and O–H groups in total. The molecule has 3 unspecified atom stereocenters. The minimum absolute atomic E-state index is 0.0876. The molecule has 0 saturated heterocycles. The van der Waals surface area contributed by atoms with Crippen molar-refractivity contribution in [3.8, 4) is 0 Å². The second-order valence-electron chi connectivity index (χ2n) is 6.26. The van der Waals surface area contributed by atoms with Crippen molar-refractivity contribution in [2.75, 3.05) is 11.9 Å². The first kappa shape index (κ1) is 13.5. The molecule has 0 radical (unpaired) electrons. The van der Waals surface area contributed by atoms with E-state index in [2.05, 4.69) is 17.6 Å². The number of amides is 1. The average molecular weight is 272 g/mol. The van der Waals surface area contributed by atoms with Crippen LogP contribution in [-0.2, 0) is 0 Å². The summed E-state index contributed by atoms with van der Waals surface area (Å²) in [6, 6.07) is 8.23. The molecule has 20 heavy (non-hydrogen) atoms. The Labute approximate surface area is 121 Å². The molecule has 2 fully saturated rings. The first-order chi connectivity index (χ1) is 9.76. The summed E-state index contributed by atoms with van der Waals surface area (Å²) in [5, 5.41) is 6.55. The maximum Gasteiger partial charge on any atom is 0.251 e. The third-order valence-corrected chi connectivity index (χ3v) is 4.78. The molecule has 2 aliphatic carbocycles. The monoisotopic (exact) mass is 272 g/mol. The van der Waals surface area contributed by atoms with E-state index in [1.807, 2.05) is 24.3 Å². The fourth-order valence-corrected chi connectivity index (χ4v) is 3.68. The largest absolute Gasteiger partial charge is 0.385 e. The van der Waals surface area contributed by atoms with Crippen LogP contribution in [0.1, 0.15) is 49.4 Å². The third-order valence-electron chi connectivity index (χ3n) is 4.78. The van der Waals surface area contributed by atoms with Gasteiger partial charge in [0, 0.05) is 23.8 Å². The highest BCUT2D eigenvalue weighted by Gasteiger charge is 2.40. The van der Waals surface area contributed by atoms with Crippen molar-refractivity contribution in [1.29, 1.82) is 0 Å². The summed E-state index contributed by atoms with van der Waals surface area (Å²) < 4.78 is 0. The molecular weight excluding hydrogens is 248 g/mol. The summed E-state index contributed by atoms with van der Waals surface area (Å²) in [4.78, 5) is 12.3. The molecule has 0 spiro atoms. The number of carbonyl (C=O) groups excluding carboxylic acids is 1. The van der Waals surface area contributed by atoms with Gasteiger partial charge in [-0.05, 0) is 61.8 Å². The van der Waals surface area contributed by atoms with Crippen LogP contribution in [0.25, 0.3) is 0 Å². The third kappa shape index (κ3) is 2.82. The predicted octanol–water partition coefficient (Wildman–Crippen LogP) is 3.43. The molecule has 1 aromatic rings. The lowest BCUT2D eigenvalue weighted by Crippen LogP contribution is -2.38. The maximum absolute atomic E-state index is 12.3. The number of benzene rings is 1. The normalized spacial score (nSPS) is 27.6. The van der Waals surface area contributed by atoms with Gasteiger partial charge in [-0.25, -0.2) is 0 Å². The zero-order chi connectivity index (χ0) is 13.9. The number of hydrogen-bond donors (Lipinski definition) is 2. The van der Waals surface area contributed by atoms with Crippen LogP contribution in [0.4, 0.5) is 5.69 Å². The van der Waals surface area contributed by atoms with Crippen molar-refractivity contribution in [2.24, 2.45) is 11.8 Å². The van der Waals surface area contributed by atoms with Gasteiger partial charge in [-0.15, -0.1) is 0 Å². The smallest absolute Gasteiger partial charge is 0.251 e. The summed E-state index contributed by atoms with van der Waals surface area (Å²) >= 11 is 0. The molecule has 0 heterocycles. The first-order valence-corrected chi connectivity index (χ1v) is 7.91. The molecule has 0 aliphatic heterocycles. The number of fused-ring (bicyclic) bond motifs is 2. The topological polar surface area (TPSA) is 41.1 Å². The summed E-state index contributed by atoms with van der Waals surface area (Å²) in [6.45, 7) is 3.11. The molecule has 3 atom stereocenters. The van der Waals surface area contributed by atoms with Crippen LogP contribution >= 0.6 is 0 Å². The molecule has 3 rings (SSSR count). The first-order valence-electron chi connectivity index (χ1n) is 7.91. The van der Waals surface area contributed by atoms with E-state index in [9.17, 15) is 4.79 Å². The van der Waals surface area contributed by atoms with Gasteiger partial charge in [-0.1, -0.05) is 13.3 Å². The van der Waals surface area contributed by atoms with Gasteiger partial charge in [0.05, 0.1) is 0 Å². The SMILES string of the molecule is CCCNc1ccc(C(=O)NC2CC3CCC2C3)cc1. The Morgan fingerprint density at radius 3 is 2.60 bits per heavy atom. The minimum Gasteiger partial charge on any atom is -0.385 e. The summed E-state index contributed by atoms with van der Waals surface area (Å²) in [5.41, 5.74) is 1.86. The molecule has 0 aromatic heterocycles. The Morgan fingerprint density at radius 1 is 1.20 bits per heavy atom. The van der Waals surface area contributed by atoms with Gasteiger partial charge < -0.3 is 10.6 Å². The van der Waals surface area contributed by atoms with E-state index in [0.717, 1.165) is 36.1 Å². The van der Waals surface area contributed by atoms with Gasteiger partial charge in [0.2, 0.25) is 0 Å². The lowest BCUT2D eigenvalue weighted by Gasteiger charge is -2.22. The fraction of sp³-hybridized carbons (Fsp3) is 0.588. The number of nitrogens with one attached hydrogen (secondary N) is 2. The van der Waals surface area contributed by atoms with Crippen LogP contribution in [-0.4, -0.2) is 18.5 Å². The molecule has 1 aromatic carbocycles. The highest BCUT2D eigenvalue weighted by atomic mass is 16.1. The zero-order valence-corrected chi connectivity index (χ0v) is 12.2. The van der Waals surface area contributed by atoms with Crippen molar-refractivity contribution in [1.82, 2.24) is 5.32 Å². The van der Waals surface area contributed by atoms with E-state index in [1.165, 1.54) is 25.7 Å². The Morgan fingerprint density at radius 2 is 2.00 bits per heavy atom. The summed E-state index contributed by atoms with van der Waals surface area (Å²) in [7, 11) is 0. The van der Waals surface area contributed by atoms with Gasteiger partial charge in [0.15, 0.2) is 0 Å². The molecule has 2 bridgehead atoms. The molecule has 2 aliphatic rings. The van der Waals surface area contributed by atoms with E-state index >= 15 is 0 Å². The van der Waals surface area contributed by atoms with Crippen LogP contribution in [0.3, 0.4) is 0 Å². The molecule has 1 amide bonds. The average Bonchev–Trinajstić information content (AvgIpc) is 3.08. The molecule has 2 saturated carbocycles. The Bertz CT molecular complexity index is 468. The van der Waals surface area contributed by atoms with E-state index in [-0.39, 0.29) is 5.91 Å². The zero-order valence-electron chi connectivity index (χ0n) is 12.2. The summed E-state index contributed by atoms with van der Waals surface area (Å²) in [6.07, 6.45) is 6.29. The van der Waals surface area contributed by atoms with Crippen LogP contribution in [0, 0.1) is 11.8 Å². The standard InChI is InChI=1S/C17H24N2O/c1-2-9-18-15-7-5-13(6-8-15)17(20)19-16-11-12-3-4-14(16)10-12/h5-8,12,14,16,18H,2-4,9-11H2,1H3,(H,19,20). The maximum atomic E-state index is 12.3. The minimum atomic E-state index is 0.0876. The van der Waals surface area contributed by atoms with E-state index < -0.39 is 0 Å². The molecule has 3 nitrogen and oxygen atoms in total. The number of carbonyl (C=O) groups is 1. The van der Waals surface area contributed by atoms with Crippen molar-refractivity contribution in [2.45, 2.75) is 45.1 Å². The van der Waals surface area contributed by atoms with Crippen molar-refractivity contribution < 1.29 is 4.79 Å². The van der Waals surface area contributed by atoms with Crippen molar-refractivity contribution in [3.63, 3.8) is 0 Å². The van der Waals surface area contributed by atoms with Crippen LogP contribution in [0.15, 0.2) is 24.3 Å². The number of anilines is 1. The highest BCUT2D eigenvalue weighted by Crippen LogP contribution is 2.44. The van der Waals surface area contributed by atoms with Crippen LogP contribution in [0.5, 0.6) is 0 Å². The van der Waals surface area contributed by atoms with Gasteiger partial charge in [-0.2, -0.15) is 0 Å². The van der Waals surface area contributed by atoms with Gasteiger partial charge in [0.25, 0.3) is 5.91 Å². The van der Waals surface area contributed by atoms with Gasteiger partial charge in [0.1, 0.15) is 0 Å². The number of rotatable bonds is 5. The second kappa shape index (κ2) is 5.86. The van der Waals surface area contributed by atoms with Crippen molar-refractivity contribution >= 4 is 11.6 Å². The van der Waals surface area contributed by atoms with Gasteiger partial charge in [-0.3, -0.25) is 4.79 Å². The van der Waals surface area contributed by atoms with E-state index in [4.69, 9.17) is 0 Å². The quantitative estimate of drug-likeness (QED) is 0.862. The molecular formula is C17H24N2O. The fourth-order valence-electron chi connectivity index (χ4n) is 3.68. The van der Waals surface area contributed by atoms with E-state index in [0.29, 0.717) is 6.04 Å².